The van der Waals surface area contributed by atoms with E-state index in [9.17, 15) is 0 Å². The molecule has 2 rings (SSSR count). The Morgan fingerprint density at radius 1 is 1.00 bits per heavy atom. The van der Waals surface area contributed by atoms with Crippen molar-refractivity contribution in [3.63, 3.8) is 0 Å². The molecule has 0 radical (unpaired) electrons. The monoisotopic (exact) mass is 238 g/mol. The molecule has 0 amide bonds. The lowest BCUT2D eigenvalue weighted by Crippen LogP contribution is -2.41. The number of likely N-dealkylation sites (tertiary alicyclic amines) is 1. The van der Waals surface area contributed by atoms with Crippen molar-refractivity contribution in [2.24, 2.45) is 11.8 Å². The van der Waals surface area contributed by atoms with E-state index in [-0.39, 0.29) is 0 Å². The Kier molecular flexibility index (Phi) is 5.30. The molecule has 2 nitrogen and oxygen atoms in total. The minimum atomic E-state index is 0.808. The quantitative estimate of drug-likeness (QED) is 0.810. The Hall–Kier alpha value is -0.0800. The maximum Gasteiger partial charge on any atom is 0.0107 e. The van der Waals surface area contributed by atoms with Gasteiger partial charge in [-0.1, -0.05) is 26.7 Å². The van der Waals surface area contributed by atoms with Crippen molar-refractivity contribution in [2.45, 2.75) is 58.4 Å². The smallest absolute Gasteiger partial charge is 0.0107 e. The van der Waals surface area contributed by atoms with Crippen molar-refractivity contribution in [1.82, 2.24) is 10.2 Å². The van der Waals surface area contributed by atoms with Crippen LogP contribution < -0.4 is 5.32 Å². The molecule has 17 heavy (non-hydrogen) atoms. The molecule has 2 unspecified atom stereocenters. The zero-order valence-corrected chi connectivity index (χ0v) is 11.8. The van der Waals surface area contributed by atoms with E-state index >= 15 is 0 Å². The Balaban J connectivity index is 1.56. The van der Waals surface area contributed by atoms with E-state index in [0.717, 1.165) is 17.9 Å². The van der Waals surface area contributed by atoms with Crippen molar-refractivity contribution in [3.8, 4) is 0 Å². The van der Waals surface area contributed by atoms with Gasteiger partial charge >= 0.3 is 0 Å². The standard InChI is InChI=1S/C15H30N2/c1-13-6-9-17(10-7-13)11-8-16-15-5-3-4-14(2)12-15/h13-16H,3-12H2,1-2H3. The summed E-state index contributed by atoms with van der Waals surface area (Å²) < 4.78 is 0. The third kappa shape index (κ3) is 4.59. The van der Waals surface area contributed by atoms with E-state index in [0.29, 0.717) is 0 Å². The normalized spacial score (nSPS) is 32.8. The zero-order chi connectivity index (χ0) is 12.1. The SMILES string of the molecule is CC1CCN(CCNC2CCCC(C)C2)CC1. The fourth-order valence-corrected chi connectivity index (χ4v) is 3.33. The molecule has 2 aliphatic rings. The van der Waals surface area contributed by atoms with Gasteiger partial charge in [-0.25, -0.2) is 0 Å². The van der Waals surface area contributed by atoms with Crippen LogP contribution in [0.15, 0.2) is 0 Å². The third-order valence-electron chi connectivity index (χ3n) is 4.67. The lowest BCUT2D eigenvalue weighted by Gasteiger charge is -2.32. The summed E-state index contributed by atoms with van der Waals surface area (Å²) >= 11 is 0. The van der Waals surface area contributed by atoms with Crippen LogP contribution in [0.3, 0.4) is 0 Å². The predicted molar refractivity (Wildman–Crippen MR) is 74.3 cm³/mol. The number of hydrogen-bond acceptors (Lipinski definition) is 2. The highest BCUT2D eigenvalue weighted by Crippen LogP contribution is 2.23. The van der Waals surface area contributed by atoms with Crippen LogP contribution in [0.5, 0.6) is 0 Å². The molecule has 0 spiro atoms. The van der Waals surface area contributed by atoms with Crippen molar-refractivity contribution in [1.29, 1.82) is 0 Å². The van der Waals surface area contributed by atoms with Gasteiger partial charge in [0.25, 0.3) is 0 Å². The first-order valence-electron chi connectivity index (χ1n) is 7.70. The van der Waals surface area contributed by atoms with Gasteiger partial charge in [-0.15, -0.1) is 0 Å². The summed E-state index contributed by atoms with van der Waals surface area (Å²) in [4.78, 5) is 2.64. The van der Waals surface area contributed by atoms with Gasteiger partial charge in [0.2, 0.25) is 0 Å². The second-order valence-electron chi connectivity index (χ2n) is 6.45. The minimum absolute atomic E-state index is 0.808. The Labute approximate surface area is 107 Å². The fourth-order valence-electron chi connectivity index (χ4n) is 3.33. The van der Waals surface area contributed by atoms with E-state index in [4.69, 9.17) is 0 Å². The third-order valence-corrected chi connectivity index (χ3v) is 4.67. The molecule has 1 saturated carbocycles. The van der Waals surface area contributed by atoms with Gasteiger partial charge in [-0.3, -0.25) is 0 Å². The van der Waals surface area contributed by atoms with E-state index in [2.05, 4.69) is 24.1 Å². The van der Waals surface area contributed by atoms with Gasteiger partial charge < -0.3 is 10.2 Å². The van der Waals surface area contributed by atoms with Crippen LogP contribution in [-0.4, -0.2) is 37.1 Å². The highest BCUT2D eigenvalue weighted by atomic mass is 15.1. The number of hydrogen-bond donors (Lipinski definition) is 1. The van der Waals surface area contributed by atoms with Gasteiger partial charge in [0.05, 0.1) is 0 Å². The van der Waals surface area contributed by atoms with Gasteiger partial charge in [-0.05, 0) is 50.6 Å². The number of nitrogens with zero attached hydrogens (tertiary/aromatic N) is 1. The lowest BCUT2D eigenvalue weighted by molar-refractivity contribution is 0.187. The molecule has 0 aromatic heterocycles. The molecule has 1 aliphatic carbocycles. The average Bonchev–Trinajstić information content (AvgIpc) is 2.32. The minimum Gasteiger partial charge on any atom is -0.313 e. The molecule has 2 atom stereocenters. The highest BCUT2D eigenvalue weighted by molar-refractivity contribution is 4.77. The Morgan fingerprint density at radius 3 is 2.47 bits per heavy atom. The van der Waals surface area contributed by atoms with Crippen LogP contribution in [0, 0.1) is 11.8 Å². The summed E-state index contributed by atoms with van der Waals surface area (Å²) in [6.45, 7) is 9.90. The summed E-state index contributed by atoms with van der Waals surface area (Å²) in [5, 5.41) is 3.77. The fraction of sp³-hybridized carbons (Fsp3) is 1.00. The van der Waals surface area contributed by atoms with Gasteiger partial charge in [0, 0.05) is 19.1 Å². The molecule has 2 fully saturated rings. The molecule has 0 bridgehead atoms. The van der Waals surface area contributed by atoms with Crippen LogP contribution in [-0.2, 0) is 0 Å². The molecule has 100 valence electrons. The van der Waals surface area contributed by atoms with Crippen molar-refractivity contribution in [2.75, 3.05) is 26.2 Å². The highest BCUT2D eigenvalue weighted by Gasteiger charge is 2.19. The topological polar surface area (TPSA) is 15.3 Å². The van der Waals surface area contributed by atoms with Crippen molar-refractivity contribution < 1.29 is 0 Å². The van der Waals surface area contributed by atoms with Crippen LogP contribution in [0.4, 0.5) is 0 Å². The summed E-state index contributed by atoms with van der Waals surface area (Å²) in [6, 6.07) is 0.808. The molecular weight excluding hydrogens is 208 g/mol. The first kappa shape index (κ1) is 13.4. The molecule has 1 N–H and O–H groups in total. The average molecular weight is 238 g/mol. The lowest BCUT2D eigenvalue weighted by atomic mass is 9.87. The summed E-state index contributed by atoms with van der Waals surface area (Å²) in [6.07, 6.45) is 8.49. The van der Waals surface area contributed by atoms with Crippen LogP contribution in [0.2, 0.25) is 0 Å². The Bertz CT molecular complexity index is 209. The van der Waals surface area contributed by atoms with Gasteiger partial charge in [-0.2, -0.15) is 0 Å². The summed E-state index contributed by atoms with van der Waals surface area (Å²) in [7, 11) is 0. The van der Waals surface area contributed by atoms with Crippen LogP contribution >= 0.6 is 0 Å². The Morgan fingerprint density at radius 2 is 1.76 bits per heavy atom. The number of piperidine rings is 1. The van der Waals surface area contributed by atoms with Crippen molar-refractivity contribution >= 4 is 0 Å². The summed E-state index contributed by atoms with van der Waals surface area (Å²) in [5.41, 5.74) is 0. The van der Waals surface area contributed by atoms with E-state index < -0.39 is 0 Å². The van der Waals surface area contributed by atoms with Gasteiger partial charge in [0.1, 0.15) is 0 Å². The number of nitrogens with one attached hydrogen (secondary N) is 1. The maximum atomic E-state index is 3.77. The number of rotatable bonds is 4. The van der Waals surface area contributed by atoms with Crippen molar-refractivity contribution in [3.05, 3.63) is 0 Å². The van der Waals surface area contributed by atoms with Crippen LogP contribution in [0.1, 0.15) is 52.4 Å². The van der Waals surface area contributed by atoms with E-state index in [1.807, 2.05) is 0 Å². The molecular formula is C15H30N2. The second kappa shape index (κ2) is 6.75. The van der Waals surface area contributed by atoms with E-state index in [1.165, 1.54) is 64.7 Å². The molecule has 1 aliphatic heterocycles. The largest absolute Gasteiger partial charge is 0.313 e. The van der Waals surface area contributed by atoms with Gasteiger partial charge in [0.15, 0.2) is 0 Å². The first-order chi connectivity index (χ1) is 8.24. The zero-order valence-electron chi connectivity index (χ0n) is 11.8. The summed E-state index contributed by atoms with van der Waals surface area (Å²) in [5.74, 6) is 1.90. The first-order valence-corrected chi connectivity index (χ1v) is 7.70. The maximum absolute atomic E-state index is 3.77. The molecule has 0 aromatic carbocycles. The predicted octanol–water partition coefficient (Wildman–Crippen LogP) is 2.89. The molecule has 1 saturated heterocycles. The second-order valence-corrected chi connectivity index (χ2v) is 6.45. The molecule has 2 heteroatoms. The molecule has 1 heterocycles. The molecule has 0 aromatic rings. The van der Waals surface area contributed by atoms with E-state index in [1.54, 1.807) is 0 Å². The van der Waals surface area contributed by atoms with Crippen LogP contribution in [0.25, 0.3) is 0 Å².